The molecule has 0 aromatic rings. The van der Waals surface area contributed by atoms with Crippen LogP contribution in [-0.2, 0) is 14.2 Å². The van der Waals surface area contributed by atoms with Gasteiger partial charge in [-0.15, -0.1) is 0 Å². The van der Waals surface area contributed by atoms with E-state index in [2.05, 4.69) is 21.0 Å². The van der Waals surface area contributed by atoms with E-state index in [-0.39, 0.29) is 0 Å². The molecular formula is C9H19BFNO4+. The van der Waals surface area contributed by atoms with Gasteiger partial charge in [0.05, 0.1) is 27.2 Å². The molecule has 5 nitrogen and oxygen atoms in total. The molecule has 0 aromatic carbocycles. The van der Waals surface area contributed by atoms with Gasteiger partial charge < -0.3 is 9.47 Å². The predicted octanol–water partition coefficient (Wildman–Crippen LogP) is 1.01. The number of nitrogens with zero attached hydrogens (tertiary/aromatic N) is 1. The minimum absolute atomic E-state index is 0.437. The number of piperidine rings is 1. The Balaban J connectivity index is 0. The average Bonchev–Trinajstić information content (AvgIpc) is 2.41. The van der Waals surface area contributed by atoms with Crippen LogP contribution in [0.25, 0.3) is 0 Å². The standard InChI is InChI=1S/C9H18NO3.BO.FH/c1-10(6-4-3-5-7-10)8-13-9(11)12-2;1-2;/h3-8H2,1-2H3;;1H/q+1;;/i/hD. The van der Waals surface area contributed by atoms with Crippen LogP contribution in [0.1, 0.15) is 19.3 Å². The monoisotopic (exact) mass is 236 g/mol. The van der Waals surface area contributed by atoms with Gasteiger partial charge in [0, 0.05) is 0 Å². The van der Waals surface area contributed by atoms with E-state index < -0.39 is 6.16 Å². The van der Waals surface area contributed by atoms with Gasteiger partial charge in [-0.25, -0.2) is 4.79 Å². The summed E-state index contributed by atoms with van der Waals surface area (Å²) >= 11 is 0. The Morgan fingerprint density at radius 3 is 2.31 bits per heavy atom. The van der Waals surface area contributed by atoms with Gasteiger partial charge in [0.2, 0.25) is 6.73 Å². The van der Waals surface area contributed by atoms with Crippen molar-refractivity contribution < 1.29 is 28.2 Å². The number of quaternary nitrogens is 1. The number of likely N-dealkylation sites (tertiary alicyclic amines) is 1. The van der Waals surface area contributed by atoms with Crippen LogP contribution in [0, 0.1) is 0 Å². The molecule has 1 saturated heterocycles. The summed E-state index contributed by atoms with van der Waals surface area (Å²) in [4.78, 5) is 10.7. The van der Waals surface area contributed by atoms with Crippen LogP contribution in [-0.4, -0.2) is 53.8 Å². The number of ether oxygens (including phenoxy) is 2. The Bertz CT molecular complexity index is 205. The zero-order chi connectivity index (χ0) is 13.7. The van der Waals surface area contributed by atoms with Crippen molar-refractivity contribution in [3.63, 3.8) is 0 Å². The van der Waals surface area contributed by atoms with Crippen molar-refractivity contribution in [3.8, 4) is 0 Å². The Morgan fingerprint density at radius 1 is 1.38 bits per heavy atom. The first-order chi connectivity index (χ1) is 8.16. The third-order valence-corrected chi connectivity index (χ3v) is 2.56. The molecule has 1 fully saturated rings. The van der Waals surface area contributed by atoms with Crippen LogP contribution < -0.4 is 0 Å². The third kappa shape index (κ3) is 6.50. The fourth-order valence-corrected chi connectivity index (χ4v) is 1.67. The van der Waals surface area contributed by atoms with Gasteiger partial charge >= 0.3 is 18.6 Å². The van der Waals surface area contributed by atoms with Crippen molar-refractivity contribution >= 4 is 13.9 Å². The van der Waals surface area contributed by atoms with Crippen LogP contribution in [0.15, 0.2) is 0 Å². The minimum atomic E-state index is -0.579. The maximum absolute atomic E-state index is 10.7. The number of hydrogen-bond donors (Lipinski definition) is 0. The summed E-state index contributed by atoms with van der Waals surface area (Å²) in [5, 5.41) is 0. The molecule has 7 heteroatoms. The van der Waals surface area contributed by atoms with Crippen molar-refractivity contribution in [1.82, 2.24) is 0 Å². The summed E-state index contributed by atoms with van der Waals surface area (Å²) in [7, 11) is 6.70. The number of hydrogen-bond acceptors (Lipinski definition) is 4. The molecule has 0 amide bonds. The SMILES string of the molecule is COC(=O)OC[N+]1(C)CCCCC1.[2H]F.[B]=O. The van der Waals surface area contributed by atoms with Gasteiger partial charge in [-0.1, -0.05) is 0 Å². The fourth-order valence-electron chi connectivity index (χ4n) is 1.67. The summed E-state index contributed by atoms with van der Waals surface area (Å²) < 4.78 is 30.9. The Labute approximate surface area is 97.6 Å². The van der Waals surface area contributed by atoms with Crippen LogP contribution in [0.5, 0.6) is 0 Å². The molecule has 0 spiro atoms. The maximum atomic E-state index is 10.7. The molecule has 0 saturated carbocycles. The van der Waals surface area contributed by atoms with E-state index >= 15 is 0 Å². The second-order valence-corrected chi connectivity index (χ2v) is 3.85. The Morgan fingerprint density at radius 2 is 1.88 bits per heavy atom. The number of methoxy groups -OCH3 is 1. The average molecular weight is 236 g/mol. The van der Waals surface area contributed by atoms with Crippen LogP contribution in [0.2, 0.25) is 0 Å². The Kier molecular flexibility index (Phi) is 8.70. The van der Waals surface area contributed by atoms with E-state index in [0.717, 1.165) is 17.6 Å². The first kappa shape index (κ1) is 15.0. The summed E-state index contributed by atoms with van der Waals surface area (Å²) in [5.74, 6) is 0. The van der Waals surface area contributed by atoms with E-state index in [1.807, 2.05) is 0 Å². The van der Waals surface area contributed by atoms with Crippen LogP contribution >= 0.6 is 0 Å². The molecule has 1 heterocycles. The fraction of sp³-hybridized carbons (Fsp3) is 0.889. The van der Waals surface area contributed by atoms with Gasteiger partial charge in [0.1, 0.15) is 0 Å². The predicted molar refractivity (Wildman–Crippen MR) is 57.1 cm³/mol. The summed E-state index contributed by atoms with van der Waals surface area (Å²) in [6.07, 6.45) is 3.17. The number of rotatable bonds is 2. The molecule has 0 unspecified atom stereocenters. The van der Waals surface area contributed by atoms with E-state index in [9.17, 15) is 4.79 Å². The molecule has 0 aromatic heterocycles. The molecular weight excluding hydrogens is 216 g/mol. The molecule has 16 heavy (non-hydrogen) atoms. The van der Waals surface area contributed by atoms with E-state index in [0.29, 0.717) is 6.73 Å². The topological polar surface area (TPSA) is 52.6 Å². The van der Waals surface area contributed by atoms with E-state index in [1.54, 1.807) is 0 Å². The van der Waals surface area contributed by atoms with Gasteiger partial charge in [0.25, 0.3) is 1.45 Å². The van der Waals surface area contributed by atoms with Crippen molar-refractivity contribution in [2.24, 2.45) is 0 Å². The van der Waals surface area contributed by atoms with Crippen LogP contribution in [0.3, 0.4) is 0 Å². The van der Waals surface area contributed by atoms with E-state index in [1.165, 1.54) is 26.4 Å². The van der Waals surface area contributed by atoms with Gasteiger partial charge in [-0.05, 0) is 19.3 Å². The molecule has 0 bridgehead atoms. The quantitative estimate of drug-likeness (QED) is 0.408. The molecule has 0 atom stereocenters. The number of carbonyl (C=O) groups excluding carboxylic acids is 1. The molecule has 1 rings (SSSR count). The van der Waals surface area contributed by atoms with Crippen molar-refractivity contribution in [2.75, 3.05) is 34.0 Å². The van der Waals surface area contributed by atoms with Crippen molar-refractivity contribution in [1.29, 1.82) is 1.45 Å². The number of carbonyl (C=O) groups is 1. The first-order valence-electron chi connectivity index (χ1n) is 5.32. The summed E-state index contributed by atoms with van der Waals surface area (Å²) in [5.41, 5.74) is 0. The summed E-state index contributed by atoms with van der Waals surface area (Å²) in [6.45, 7) is 2.63. The normalized spacial score (nSPS) is 17.5. The zero-order valence-corrected chi connectivity index (χ0v) is 9.78. The van der Waals surface area contributed by atoms with Gasteiger partial charge in [-0.3, -0.25) is 9.20 Å². The van der Waals surface area contributed by atoms with Crippen molar-refractivity contribution in [3.05, 3.63) is 0 Å². The Hall–Kier alpha value is -0.975. The third-order valence-electron chi connectivity index (χ3n) is 2.56. The molecule has 93 valence electrons. The van der Waals surface area contributed by atoms with Gasteiger partial charge in [0.15, 0.2) is 0 Å². The summed E-state index contributed by atoms with van der Waals surface area (Å²) in [6, 6.07) is 0. The molecule has 0 N–H and O–H groups in total. The molecule has 0 aliphatic carbocycles. The molecule has 1 aliphatic rings. The zero-order valence-electron chi connectivity index (χ0n) is 10.8. The molecule has 1 aliphatic heterocycles. The van der Waals surface area contributed by atoms with Gasteiger partial charge in [-0.2, -0.15) is 0 Å². The van der Waals surface area contributed by atoms with Crippen LogP contribution in [0.4, 0.5) is 9.51 Å². The molecule has 1 radical (unpaired) electrons. The second kappa shape index (κ2) is 9.27. The van der Waals surface area contributed by atoms with E-state index in [4.69, 9.17) is 14.2 Å². The van der Waals surface area contributed by atoms with Crippen molar-refractivity contribution in [2.45, 2.75) is 19.3 Å². The second-order valence-electron chi connectivity index (χ2n) is 3.85. The number of halogens is 1. The first-order valence-corrected chi connectivity index (χ1v) is 4.94.